The number of sulfonamides is 1. The topological polar surface area (TPSA) is 79.3 Å². The molecule has 1 aromatic carbocycles. The van der Waals surface area contributed by atoms with Gasteiger partial charge in [0.25, 0.3) is 0 Å². The van der Waals surface area contributed by atoms with Crippen molar-refractivity contribution >= 4 is 20.8 Å². The van der Waals surface area contributed by atoms with Crippen LogP contribution in [-0.2, 0) is 10.0 Å². The number of unbranched alkanes of at least 4 members (excludes halogenated alkanes) is 1. The zero-order valence-corrected chi connectivity index (χ0v) is 11.2. The molecular formula is C13H16N2O3S. The summed E-state index contributed by atoms with van der Waals surface area (Å²) in [6.07, 6.45) is 4.41. The van der Waals surface area contributed by atoms with Gasteiger partial charge in [0.2, 0.25) is 10.0 Å². The van der Waals surface area contributed by atoms with Crippen LogP contribution in [0, 0.1) is 0 Å². The molecule has 2 rings (SSSR count). The van der Waals surface area contributed by atoms with E-state index in [-0.39, 0.29) is 11.5 Å². The molecule has 0 saturated carbocycles. The van der Waals surface area contributed by atoms with E-state index in [1.807, 2.05) is 6.07 Å². The van der Waals surface area contributed by atoms with E-state index in [1.165, 1.54) is 0 Å². The second kappa shape index (κ2) is 6.10. The zero-order chi connectivity index (χ0) is 13.7. The van der Waals surface area contributed by atoms with Crippen LogP contribution in [0.4, 0.5) is 0 Å². The van der Waals surface area contributed by atoms with Gasteiger partial charge in [-0.05, 0) is 25.0 Å². The second-order valence-corrected chi connectivity index (χ2v) is 5.92. The molecule has 0 spiro atoms. The molecule has 1 aromatic heterocycles. The third-order valence-corrected chi connectivity index (χ3v) is 4.33. The van der Waals surface area contributed by atoms with Crippen molar-refractivity contribution in [3.8, 4) is 0 Å². The molecule has 6 heteroatoms. The van der Waals surface area contributed by atoms with Gasteiger partial charge in [0.05, 0.1) is 4.90 Å². The lowest BCUT2D eigenvalue weighted by Gasteiger charge is -2.09. The fourth-order valence-corrected chi connectivity index (χ4v) is 3.15. The number of fused-ring (bicyclic) bond motifs is 1. The average molecular weight is 280 g/mol. The van der Waals surface area contributed by atoms with Crippen molar-refractivity contribution in [1.29, 1.82) is 0 Å². The summed E-state index contributed by atoms with van der Waals surface area (Å²) in [4.78, 5) is 4.24. The summed E-state index contributed by atoms with van der Waals surface area (Å²) in [7, 11) is -3.53. The number of aliphatic hydroxyl groups is 1. The number of nitrogens with one attached hydrogen (secondary N) is 1. The lowest BCUT2D eigenvalue weighted by molar-refractivity contribution is 0.285. The summed E-state index contributed by atoms with van der Waals surface area (Å²) in [6, 6.07) is 6.80. The molecular weight excluding hydrogens is 264 g/mol. The molecule has 0 fully saturated rings. The van der Waals surface area contributed by atoms with E-state index in [2.05, 4.69) is 9.71 Å². The number of hydrogen-bond donors (Lipinski definition) is 2. The fraction of sp³-hybridized carbons (Fsp3) is 0.308. The molecule has 0 aliphatic rings. The maximum Gasteiger partial charge on any atom is 0.241 e. The Morgan fingerprint density at radius 1 is 1.21 bits per heavy atom. The monoisotopic (exact) mass is 280 g/mol. The third kappa shape index (κ3) is 3.28. The first-order valence-corrected chi connectivity index (χ1v) is 7.57. The molecule has 2 aromatic rings. The Bertz CT molecular complexity index is 650. The molecule has 0 amide bonds. The van der Waals surface area contributed by atoms with Crippen LogP contribution >= 0.6 is 0 Å². The first-order chi connectivity index (χ1) is 9.15. The zero-order valence-electron chi connectivity index (χ0n) is 10.4. The van der Waals surface area contributed by atoms with E-state index in [0.717, 1.165) is 5.39 Å². The van der Waals surface area contributed by atoms with Crippen LogP contribution in [0.1, 0.15) is 12.8 Å². The Morgan fingerprint density at radius 3 is 2.84 bits per heavy atom. The predicted octanol–water partition coefficient (Wildman–Crippen LogP) is 1.29. The quantitative estimate of drug-likeness (QED) is 0.781. The molecule has 0 radical (unpaired) electrons. The van der Waals surface area contributed by atoms with Crippen LogP contribution in [0.15, 0.2) is 41.6 Å². The van der Waals surface area contributed by atoms with Crippen molar-refractivity contribution in [2.45, 2.75) is 17.7 Å². The lowest BCUT2D eigenvalue weighted by atomic mass is 10.2. The van der Waals surface area contributed by atoms with Crippen LogP contribution in [0.25, 0.3) is 10.8 Å². The number of aliphatic hydroxyl groups excluding tert-OH is 1. The summed E-state index contributed by atoms with van der Waals surface area (Å²) in [6.45, 7) is 0.395. The highest BCUT2D eigenvalue weighted by atomic mass is 32.2. The normalized spacial score (nSPS) is 11.8. The van der Waals surface area contributed by atoms with Crippen LogP contribution in [0.5, 0.6) is 0 Å². The van der Waals surface area contributed by atoms with Gasteiger partial charge in [-0.15, -0.1) is 0 Å². The number of hydrogen-bond acceptors (Lipinski definition) is 4. The maximum absolute atomic E-state index is 12.2. The number of pyridine rings is 1. The van der Waals surface area contributed by atoms with E-state index in [4.69, 9.17) is 5.11 Å². The smallest absolute Gasteiger partial charge is 0.241 e. The Labute approximate surface area is 112 Å². The average Bonchev–Trinajstić information content (AvgIpc) is 2.43. The van der Waals surface area contributed by atoms with Crippen LogP contribution in [0.3, 0.4) is 0 Å². The molecule has 0 unspecified atom stereocenters. The standard InChI is InChI=1S/C13H16N2O3S/c16-9-2-1-7-15-19(17,18)13-5-3-4-11-10-14-8-6-12(11)13/h3-6,8,10,15-16H,1-2,7,9H2. The summed E-state index contributed by atoms with van der Waals surface area (Å²) < 4.78 is 27.0. The number of rotatable bonds is 6. The fourth-order valence-electron chi connectivity index (χ4n) is 1.85. The molecule has 0 aliphatic carbocycles. The Hall–Kier alpha value is -1.50. The Kier molecular flexibility index (Phi) is 4.47. The Morgan fingerprint density at radius 2 is 2.05 bits per heavy atom. The Balaban J connectivity index is 2.28. The van der Waals surface area contributed by atoms with Gasteiger partial charge in [-0.25, -0.2) is 13.1 Å². The van der Waals surface area contributed by atoms with E-state index in [1.54, 1.807) is 30.6 Å². The first kappa shape index (κ1) is 13.9. The molecule has 2 N–H and O–H groups in total. The van der Waals surface area contributed by atoms with E-state index in [9.17, 15) is 8.42 Å². The molecule has 0 bridgehead atoms. The first-order valence-electron chi connectivity index (χ1n) is 6.08. The van der Waals surface area contributed by atoms with Crippen molar-refractivity contribution in [3.63, 3.8) is 0 Å². The molecule has 5 nitrogen and oxygen atoms in total. The van der Waals surface area contributed by atoms with Crippen LogP contribution in [-0.4, -0.2) is 31.7 Å². The van der Waals surface area contributed by atoms with Gasteiger partial charge < -0.3 is 5.11 Å². The summed E-state index contributed by atoms with van der Waals surface area (Å²) in [5, 5.41) is 10.1. The van der Waals surface area contributed by atoms with Crippen molar-refractivity contribution in [1.82, 2.24) is 9.71 Å². The summed E-state index contributed by atoms with van der Waals surface area (Å²) in [5.41, 5.74) is 0. The van der Waals surface area contributed by atoms with Gasteiger partial charge in [0.1, 0.15) is 0 Å². The SMILES string of the molecule is O=S(=O)(NCCCCO)c1cccc2cnccc12. The van der Waals surface area contributed by atoms with Crippen LogP contribution in [0.2, 0.25) is 0 Å². The van der Waals surface area contributed by atoms with Gasteiger partial charge in [0, 0.05) is 36.3 Å². The van der Waals surface area contributed by atoms with Gasteiger partial charge >= 0.3 is 0 Å². The number of benzene rings is 1. The van der Waals surface area contributed by atoms with E-state index in [0.29, 0.717) is 24.8 Å². The number of aromatic nitrogens is 1. The molecule has 0 saturated heterocycles. The van der Waals surface area contributed by atoms with Gasteiger partial charge in [-0.1, -0.05) is 12.1 Å². The summed E-state index contributed by atoms with van der Waals surface area (Å²) in [5.74, 6) is 0. The van der Waals surface area contributed by atoms with Crippen molar-refractivity contribution < 1.29 is 13.5 Å². The van der Waals surface area contributed by atoms with E-state index < -0.39 is 10.0 Å². The molecule has 1 heterocycles. The number of nitrogens with zero attached hydrogens (tertiary/aromatic N) is 1. The molecule has 102 valence electrons. The predicted molar refractivity (Wildman–Crippen MR) is 73.3 cm³/mol. The van der Waals surface area contributed by atoms with E-state index >= 15 is 0 Å². The molecule has 19 heavy (non-hydrogen) atoms. The highest BCUT2D eigenvalue weighted by Gasteiger charge is 2.16. The van der Waals surface area contributed by atoms with Crippen molar-refractivity contribution in [3.05, 3.63) is 36.7 Å². The third-order valence-electron chi connectivity index (χ3n) is 2.81. The highest BCUT2D eigenvalue weighted by Crippen LogP contribution is 2.21. The molecule has 0 atom stereocenters. The minimum atomic E-state index is -3.53. The molecule has 0 aliphatic heterocycles. The van der Waals surface area contributed by atoms with Crippen molar-refractivity contribution in [2.24, 2.45) is 0 Å². The minimum Gasteiger partial charge on any atom is -0.396 e. The second-order valence-electron chi connectivity index (χ2n) is 4.18. The largest absolute Gasteiger partial charge is 0.396 e. The maximum atomic E-state index is 12.2. The highest BCUT2D eigenvalue weighted by molar-refractivity contribution is 7.89. The van der Waals surface area contributed by atoms with Gasteiger partial charge in [-0.3, -0.25) is 4.98 Å². The lowest BCUT2D eigenvalue weighted by Crippen LogP contribution is -2.25. The minimum absolute atomic E-state index is 0.0711. The van der Waals surface area contributed by atoms with Gasteiger partial charge in [-0.2, -0.15) is 0 Å². The summed E-state index contributed by atoms with van der Waals surface area (Å²) >= 11 is 0. The van der Waals surface area contributed by atoms with Crippen molar-refractivity contribution in [2.75, 3.05) is 13.2 Å². The van der Waals surface area contributed by atoms with Crippen LogP contribution < -0.4 is 4.72 Å². The van der Waals surface area contributed by atoms with Gasteiger partial charge in [0.15, 0.2) is 0 Å².